The van der Waals surface area contributed by atoms with E-state index in [4.69, 9.17) is 0 Å². The molecule has 2 aromatic rings. The van der Waals surface area contributed by atoms with E-state index in [1.165, 1.54) is 6.42 Å². The summed E-state index contributed by atoms with van der Waals surface area (Å²) in [7, 11) is 0. The molecule has 2 aromatic heterocycles. The van der Waals surface area contributed by atoms with Gasteiger partial charge in [0.05, 0.1) is 17.9 Å². The molecule has 3 aliphatic carbocycles. The number of hydrogen-bond donors (Lipinski definition) is 1. The second-order valence-electron chi connectivity index (χ2n) is 8.20. The molecular formula is C21H25N5O. The molecule has 2 fully saturated rings. The van der Waals surface area contributed by atoms with Crippen molar-refractivity contribution in [3.05, 3.63) is 43.1 Å². The number of nitrogens with one attached hydrogen (secondary N) is 1. The van der Waals surface area contributed by atoms with E-state index in [1.54, 1.807) is 12.5 Å². The van der Waals surface area contributed by atoms with E-state index in [-0.39, 0.29) is 11.8 Å². The number of rotatable bonds is 4. The highest BCUT2D eigenvalue weighted by atomic mass is 16.2. The molecule has 2 bridgehead atoms. The zero-order chi connectivity index (χ0) is 18.2. The van der Waals surface area contributed by atoms with Gasteiger partial charge in [0.15, 0.2) is 0 Å². The predicted molar refractivity (Wildman–Crippen MR) is 102 cm³/mol. The van der Waals surface area contributed by atoms with Gasteiger partial charge in [0.25, 0.3) is 0 Å². The summed E-state index contributed by atoms with van der Waals surface area (Å²) in [6.45, 7) is 0. The molecule has 27 heavy (non-hydrogen) atoms. The van der Waals surface area contributed by atoms with E-state index in [0.29, 0.717) is 23.9 Å². The minimum atomic E-state index is 0.208. The minimum Gasteiger partial charge on any atom is -0.353 e. The molecule has 5 rings (SSSR count). The summed E-state index contributed by atoms with van der Waals surface area (Å²) in [5.74, 6) is 1.61. The van der Waals surface area contributed by atoms with Crippen LogP contribution in [0.5, 0.6) is 0 Å². The molecule has 0 aromatic carbocycles. The quantitative estimate of drug-likeness (QED) is 0.847. The largest absolute Gasteiger partial charge is 0.353 e. The molecule has 0 radical (unpaired) electrons. The van der Waals surface area contributed by atoms with Crippen LogP contribution in [0.1, 0.15) is 44.6 Å². The summed E-state index contributed by atoms with van der Waals surface area (Å²) in [4.78, 5) is 20.9. The Morgan fingerprint density at radius 3 is 2.74 bits per heavy atom. The average Bonchev–Trinajstić information content (AvgIpc) is 3.46. The van der Waals surface area contributed by atoms with Crippen LogP contribution in [0.3, 0.4) is 0 Å². The SMILES string of the molecule is O=C(NC1CCC(n2cc(-c3ccncn3)cn2)CC1)[C@@H]1C[C@@H]2C=C[C@H]1C2. The van der Waals surface area contributed by atoms with Crippen molar-refractivity contribution in [2.45, 2.75) is 50.6 Å². The third-order valence-electron chi connectivity index (χ3n) is 6.51. The van der Waals surface area contributed by atoms with Crippen molar-refractivity contribution in [1.82, 2.24) is 25.1 Å². The molecule has 3 atom stereocenters. The fourth-order valence-electron chi connectivity index (χ4n) is 5.01. The molecule has 3 aliphatic rings. The van der Waals surface area contributed by atoms with Gasteiger partial charge in [-0.2, -0.15) is 5.10 Å². The predicted octanol–water partition coefficient (Wildman–Crippen LogP) is 3.15. The molecule has 6 heteroatoms. The third kappa shape index (κ3) is 3.29. The van der Waals surface area contributed by atoms with Crippen LogP contribution >= 0.6 is 0 Å². The number of amides is 1. The second-order valence-corrected chi connectivity index (χ2v) is 8.20. The summed E-state index contributed by atoms with van der Waals surface area (Å²) < 4.78 is 2.07. The number of allylic oxidation sites excluding steroid dienone is 2. The fourth-order valence-corrected chi connectivity index (χ4v) is 5.01. The fraction of sp³-hybridized carbons (Fsp3) is 0.524. The van der Waals surface area contributed by atoms with E-state index in [9.17, 15) is 4.79 Å². The molecule has 0 saturated heterocycles. The molecule has 2 heterocycles. The monoisotopic (exact) mass is 363 g/mol. The molecule has 0 unspecified atom stereocenters. The number of hydrogen-bond acceptors (Lipinski definition) is 4. The lowest BCUT2D eigenvalue weighted by molar-refractivity contribution is -0.126. The molecule has 6 nitrogen and oxygen atoms in total. The number of fused-ring (bicyclic) bond motifs is 2. The Kier molecular flexibility index (Phi) is 4.26. The topological polar surface area (TPSA) is 72.7 Å². The number of nitrogens with zero attached hydrogens (tertiary/aromatic N) is 4. The lowest BCUT2D eigenvalue weighted by atomic mass is 9.89. The third-order valence-corrected chi connectivity index (χ3v) is 6.51. The Hall–Kier alpha value is -2.50. The van der Waals surface area contributed by atoms with Crippen LogP contribution in [0.15, 0.2) is 43.1 Å². The molecule has 1 N–H and O–H groups in total. The van der Waals surface area contributed by atoms with Gasteiger partial charge in [0.2, 0.25) is 5.91 Å². The van der Waals surface area contributed by atoms with E-state index in [0.717, 1.165) is 43.4 Å². The maximum absolute atomic E-state index is 12.6. The van der Waals surface area contributed by atoms with Crippen molar-refractivity contribution < 1.29 is 4.79 Å². The van der Waals surface area contributed by atoms with Crippen LogP contribution in [0.2, 0.25) is 0 Å². The Balaban J connectivity index is 1.16. The van der Waals surface area contributed by atoms with Crippen molar-refractivity contribution in [1.29, 1.82) is 0 Å². The minimum absolute atomic E-state index is 0.208. The van der Waals surface area contributed by atoms with Crippen LogP contribution in [0, 0.1) is 17.8 Å². The van der Waals surface area contributed by atoms with Crippen molar-refractivity contribution in [2.75, 3.05) is 0 Å². The maximum Gasteiger partial charge on any atom is 0.223 e. The Labute approximate surface area is 159 Å². The summed E-state index contributed by atoms with van der Waals surface area (Å²) in [6, 6.07) is 2.62. The van der Waals surface area contributed by atoms with Crippen LogP contribution in [-0.2, 0) is 4.79 Å². The van der Waals surface area contributed by atoms with Gasteiger partial charge in [0, 0.05) is 29.9 Å². The molecular weight excluding hydrogens is 338 g/mol. The first-order valence-electron chi connectivity index (χ1n) is 10.1. The van der Waals surface area contributed by atoms with Crippen molar-refractivity contribution in [3.8, 4) is 11.3 Å². The highest BCUT2D eigenvalue weighted by Crippen LogP contribution is 2.43. The van der Waals surface area contributed by atoms with Crippen molar-refractivity contribution in [3.63, 3.8) is 0 Å². The van der Waals surface area contributed by atoms with E-state index >= 15 is 0 Å². The molecule has 0 spiro atoms. The van der Waals surface area contributed by atoms with Crippen molar-refractivity contribution in [2.24, 2.45) is 17.8 Å². The standard InChI is InChI=1S/C21H25N5O/c27-21(19-10-14-1-2-15(19)9-14)25-17-3-5-18(6-4-17)26-12-16(11-24-26)20-7-8-22-13-23-20/h1-2,7-8,11-15,17-19H,3-6,9-10H2,(H,25,27)/t14-,15+,17?,18?,19-/m1/s1. The van der Waals surface area contributed by atoms with Gasteiger partial charge in [-0.3, -0.25) is 9.48 Å². The Bertz CT molecular complexity index is 837. The summed E-state index contributed by atoms with van der Waals surface area (Å²) in [5, 5.41) is 7.88. The molecule has 140 valence electrons. The molecule has 1 amide bonds. The molecule has 0 aliphatic heterocycles. The maximum atomic E-state index is 12.6. The zero-order valence-corrected chi connectivity index (χ0v) is 15.4. The Morgan fingerprint density at radius 1 is 1.15 bits per heavy atom. The normalized spacial score (nSPS) is 31.9. The van der Waals surface area contributed by atoms with Crippen LogP contribution < -0.4 is 5.32 Å². The lowest BCUT2D eigenvalue weighted by Crippen LogP contribution is -2.42. The highest BCUT2D eigenvalue weighted by molar-refractivity contribution is 5.80. The average molecular weight is 363 g/mol. The summed E-state index contributed by atoms with van der Waals surface area (Å²) >= 11 is 0. The number of carbonyl (C=O) groups excluding carboxylic acids is 1. The van der Waals surface area contributed by atoms with Gasteiger partial charge in [-0.1, -0.05) is 12.2 Å². The first-order valence-corrected chi connectivity index (χ1v) is 10.1. The highest BCUT2D eigenvalue weighted by Gasteiger charge is 2.40. The zero-order valence-electron chi connectivity index (χ0n) is 15.4. The smallest absolute Gasteiger partial charge is 0.223 e. The van der Waals surface area contributed by atoms with Gasteiger partial charge in [-0.15, -0.1) is 0 Å². The summed E-state index contributed by atoms with van der Waals surface area (Å²) in [6.07, 6.45) is 18.2. The summed E-state index contributed by atoms with van der Waals surface area (Å²) in [5.41, 5.74) is 1.93. The lowest BCUT2D eigenvalue weighted by Gasteiger charge is -2.30. The van der Waals surface area contributed by atoms with Crippen LogP contribution in [-0.4, -0.2) is 31.7 Å². The van der Waals surface area contributed by atoms with E-state index in [1.807, 2.05) is 12.3 Å². The first kappa shape index (κ1) is 16.7. The molecule has 2 saturated carbocycles. The van der Waals surface area contributed by atoms with Crippen LogP contribution in [0.25, 0.3) is 11.3 Å². The number of carbonyl (C=O) groups is 1. The van der Waals surface area contributed by atoms with Gasteiger partial charge >= 0.3 is 0 Å². The van der Waals surface area contributed by atoms with Gasteiger partial charge < -0.3 is 5.32 Å². The Morgan fingerprint density at radius 2 is 2.04 bits per heavy atom. The van der Waals surface area contributed by atoms with Crippen LogP contribution in [0.4, 0.5) is 0 Å². The first-order chi connectivity index (χ1) is 13.3. The van der Waals surface area contributed by atoms with Crippen molar-refractivity contribution >= 4 is 5.91 Å². The van der Waals surface area contributed by atoms with E-state index in [2.05, 4.69) is 43.4 Å². The van der Waals surface area contributed by atoms with E-state index < -0.39 is 0 Å². The second kappa shape index (κ2) is 6.91. The van der Waals surface area contributed by atoms with Gasteiger partial charge in [-0.25, -0.2) is 9.97 Å². The number of aromatic nitrogens is 4. The van der Waals surface area contributed by atoms with Gasteiger partial charge in [0.1, 0.15) is 6.33 Å². The van der Waals surface area contributed by atoms with Gasteiger partial charge in [-0.05, 0) is 56.4 Å².